The highest BCUT2D eigenvalue weighted by molar-refractivity contribution is 7.46. The van der Waals surface area contributed by atoms with E-state index in [2.05, 4.69) is 14.7 Å². The third-order valence-electron chi connectivity index (χ3n) is 6.11. The maximum absolute atomic E-state index is 13.4. The molecule has 2 heterocycles. The lowest BCUT2D eigenvalue weighted by Gasteiger charge is -2.41. The molecule has 19 heteroatoms. The molecule has 1 fully saturated rings. The summed E-state index contributed by atoms with van der Waals surface area (Å²) >= 11 is 6.00. The lowest BCUT2D eigenvalue weighted by atomic mass is 10.0. The standard InChI is InChI=1S/C23H22ClF6N4O7P/c1-12(14-8-15(22(25,26)27)10-16(9-14)23(28,29)30)40-20-19(13-2-4-17(24)5-3-13)33(6-7-39-20)11-18-31-21(35)34(32-18)41-42(36,37)38/h2-5,8-10,12,19-20H,6-7,11H2,1H3,(H,31,32,35)(H2,36,37,38)/t12-,19-,20+/m0/s1. The molecule has 0 radical (unpaired) electrons. The monoisotopic (exact) mass is 646 g/mol. The fourth-order valence-electron chi connectivity index (χ4n) is 4.27. The van der Waals surface area contributed by atoms with Gasteiger partial charge in [-0.05, 0) is 53.2 Å². The van der Waals surface area contributed by atoms with Gasteiger partial charge in [0.2, 0.25) is 0 Å². The van der Waals surface area contributed by atoms with Gasteiger partial charge in [-0.25, -0.2) is 9.36 Å². The summed E-state index contributed by atoms with van der Waals surface area (Å²) < 4.78 is 107. The number of aromatic amines is 1. The lowest BCUT2D eigenvalue weighted by molar-refractivity contribution is -0.231. The largest absolute Gasteiger partial charge is 0.545 e. The van der Waals surface area contributed by atoms with E-state index in [1.807, 2.05) is 0 Å². The SMILES string of the molecule is C[C@H](O[C@H]1OCCN(Cc2nn(OP(=O)(O)O)c(=O)[nH]2)[C@H]1c1ccc(Cl)cc1)c1cc(C(F)(F)F)cc(C(F)(F)F)c1. The Morgan fingerprint density at radius 1 is 1.12 bits per heavy atom. The van der Waals surface area contributed by atoms with Crippen LogP contribution in [0.15, 0.2) is 47.3 Å². The minimum Gasteiger partial charge on any atom is -0.349 e. The van der Waals surface area contributed by atoms with Gasteiger partial charge >= 0.3 is 25.9 Å². The Morgan fingerprint density at radius 2 is 1.71 bits per heavy atom. The Labute approximate surface area is 237 Å². The van der Waals surface area contributed by atoms with Crippen molar-refractivity contribution >= 4 is 19.4 Å². The average molecular weight is 647 g/mol. The molecule has 1 saturated heterocycles. The molecule has 0 saturated carbocycles. The smallest absolute Gasteiger partial charge is 0.349 e. The second-order valence-corrected chi connectivity index (χ2v) is 10.7. The van der Waals surface area contributed by atoms with E-state index in [0.717, 1.165) is 0 Å². The quantitative estimate of drug-likeness (QED) is 0.239. The van der Waals surface area contributed by atoms with Crippen molar-refractivity contribution < 1.29 is 54.8 Å². The predicted molar refractivity (Wildman–Crippen MR) is 132 cm³/mol. The third-order valence-corrected chi connectivity index (χ3v) is 6.73. The average Bonchev–Trinajstić information content (AvgIpc) is 3.20. The molecule has 0 amide bonds. The van der Waals surface area contributed by atoms with E-state index >= 15 is 0 Å². The fraction of sp³-hybridized carbons (Fsp3) is 0.391. The van der Waals surface area contributed by atoms with Crippen LogP contribution in [0.1, 0.15) is 47.1 Å². The topological polar surface area (TPSA) is 139 Å². The summed E-state index contributed by atoms with van der Waals surface area (Å²) in [4.78, 5) is 34.0. The van der Waals surface area contributed by atoms with Gasteiger partial charge in [0, 0.05) is 11.6 Å². The van der Waals surface area contributed by atoms with Gasteiger partial charge in [0.15, 0.2) is 6.29 Å². The minimum atomic E-state index is -5.12. The van der Waals surface area contributed by atoms with Gasteiger partial charge in [-0.3, -0.25) is 24.3 Å². The molecular weight excluding hydrogens is 625 g/mol. The first-order valence-corrected chi connectivity index (χ1v) is 13.8. The number of nitrogens with zero attached hydrogens (tertiary/aromatic N) is 3. The molecule has 4 rings (SSSR count). The normalized spacial score (nSPS) is 19.6. The Hall–Kier alpha value is -2.92. The van der Waals surface area contributed by atoms with Crippen molar-refractivity contribution in [2.45, 2.75) is 44.3 Å². The molecule has 0 aliphatic carbocycles. The van der Waals surface area contributed by atoms with E-state index in [9.17, 15) is 35.7 Å². The molecule has 1 aromatic heterocycles. The zero-order valence-corrected chi connectivity index (χ0v) is 22.9. The Bertz CT molecular complexity index is 1480. The predicted octanol–water partition coefficient (Wildman–Crippen LogP) is 4.46. The van der Waals surface area contributed by atoms with Crippen molar-refractivity contribution in [1.82, 2.24) is 19.8 Å². The van der Waals surface area contributed by atoms with Crippen LogP contribution >= 0.6 is 19.4 Å². The molecule has 230 valence electrons. The zero-order valence-electron chi connectivity index (χ0n) is 21.3. The number of hydrogen-bond donors (Lipinski definition) is 3. The van der Waals surface area contributed by atoms with Crippen molar-refractivity contribution in [2.75, 3.05) is 13.2 Å². The summed E-state index contributed by atoms with van der Waals surface area (Å²) in [5, 5.41) is 4.08. The Balaban J connectivity index is 1.66. The summed E-state index contributed by atoms with van der Waals surface area (Å²) in [6, 6.07) is 6.56. The molecule has 3 aromatic rings. The number of rotatable bonds is 8. The van der Waals surface area contributed by atoms with Crippen molar-refractivity contribution in [1.29, 1.82) is 0 Å². The Kier molecular flexibility index (Phi) is 9.14. The van der Waals surface area contributed by atoms with Gasteiger partial charge in [0.05, 0.1) is 36.4 Å². The van der Waals surface area contributed by atoms with Gasteiger partial charge in [-0.1, -0.05) is 23.7 Å². The van der Waals surface area contributed by atoms with Crippen LogP contribution in [0.3, 0.4) is 0 Å². The van der Waals surface area contributed by atoms with Gasteiger partial charge in [0.25, 0.3) is 0 Å². The van der Waals surface area contributed by atoms with Crippen LogP contribution in [0.25, 0.3) is 0 Å². The highest BCUT2D eigenvalue weighted by Crippen LogP contribution is 2.40. The van der Waals surface area contributed by atoms with E-state index in [0.29, 0.717) is 22.7 Å². The van der Waals surface area contributed by atoms with Crippen LogP contribution in [0.2, 0.25) is 5.02 Å². The highest BCUT2D eigenvalue weighted by Gasteiger charge is 2.39. The highest BCUT2D eigenvalue weighted by atomic mass is 35.5. The van der Waals surface area contributed by atoms with Crippen LogP contribution in [-0.2, 0) is 32.9 Å². The molecule has 0 unspecified atom stereocenters. The molecule has 1 aliphatic heterocycles. The summed E-state index contributed by atoms with van der Waals surface area (Å²) in [6.07, 6.45) is -12.7. The number of aromatic nitrogens is 3. The number of halogens is 7. The first kappa shape index (κ1) is 32.0. The first-order valence-electron chi connectivity index (χ1n) is 11.9. The van der Waals surface area contributed by atoms with Crippen molar-refractivity contribution in [2.24, 2.45) is 0 Å². The number of ether oxygens (including phenoxy) is 2. The molecule has 3 N–H and O–H groups in total. The summed E-state index contributed by atoms with van der Waals surface area (Å²) in [5.74, 6) is -0.0891. The summed E-state index contributed by atoms with van der Waals surface area (Å²) in [6.45, 7) is 1.27. The minimum absolute atomic E-state index is 0.0121. The molecule has 3 atom stereocenters. The van der Waals surface area contributed by atoms with Crippen LogP contribution in [-0.4, -0.2) is 49.1 Å². The van der Waals surface area contributed by atoms with E-state index in [4.69, 9.17) is 30.9 Å². The Morgan fingerprint density at radius 3 is 2.26 bits per heavy atom. The molecule has 0 spiro atoms. The van der Waals surface area contributed by atoms with E-state index in [1.165, 1.54) is 19.1 Å². The van der Waals surface area contributed by atoms with Gasteiger partial charge < -0.3 is 9.47 Å². The van der Waals surface area contributed by atoms with E-state index in [-0.39, 0.29) is 36.4 Å². The first-order chi connectivity index (χ1) is 19.4. The summed E-state index contributed by atoms with van der Waals surface area (Å²) in [5.41, 5.74) is -3.97. The van der Waals surface area contributed by atoms with E-state index in [1.54, 1.807) is 17.0 Å². The molecule has 1 aliphatic rings. The number of nitrogens with one attached hydrogen (secondary N) is 1. The number of morpholine rings is 1. The number of phosphoric acid groups is 1. The van der Waals surface area contributed by atoms with Gasteiger partial charge in [-0.2, -0.15) is 26.3 Å². The molecule has 11 nitrogen and oxygen atoms in total. The lowest BCUT2D eigenvalue weighted by Crippen LogP contribution is -2.46. The molecule has 42 heavy (non-hydrogen) atoms. The van der Waals surface area contributed by atoms with Crippen LogP contribution < -0.4 is 10.3 Å². The van der Waals surface area contributed by atoms with Crippen molar-refractivity contribution in [3.63, 3.8) is 0 Å². The number of hydrogen-bond acceptors (Lipinski definition) is 7. The van der Waals surface area contributed by atoms with Gasteiger partial charge in [0.1, 0.15) is 5.82 Å². The zero-order chi connectivity index (χ0) is 31.0. The fourth-order valence-corrected chi connectivity index (χ4v) is 4.71. The number of alkyl halides is 6. The summed E-state index contributed by atoms with van der Waals surface area (Å²) in [7, 11) is -5.12. The molecule has 0 bridgehead atoms. The third kappa shape index (κ3) is 7.92. The van der Waals surface area contributed by atoms with Crippen LogP contribution in [0.5, 0.6) is 0 Å². The number of H-pyrrole nitrogens is 1. The maximum Gasteiger partial charge on any atom is 0.545 e. The van der Waals surface area contributed by atoms with Crippen molar-refractivity contribution in [3.05, 3.63) is 86.0 Å². The second kappa shape index (κ2) is 12.0. The number of benzene rings is 2. The second-order valence-electron chi connectivity index (χ2n) is 9.15. The van der Waals surface area contributed by atoms with Crippen LogP contribution in [0.4, 0.5) is 26.3 Å². The molecule has 2 aromatic carbocycles. The maximum atomic E-state index is 13.4. The van der Waals surface area contributed by atoms with Crippen molar-refractivity contribution in [3.8, 4) is 0 Å². The van der Waals surface area contributed by atoms with Gasteiger partial charge in [-0.15, -0.1) is 5.10 Å². The van der Waals surface area contributed by atoms with Crippen LogP contribution in [0, 0.1) is 0 Å². The van der Waals surface area contributed by atoms with E-state index < -0.39 is 61.0 Å². The molecular formula is C23H22ClF6N4O7P.